The first-order valence-electron chi connectivity index (χ1n) is 8.01. The molecule has 2 heterocycles. The highest BCUT2D eigenvalue weighted by molar-refractivity contribution is 7.99. The molecule has 0 amide bonds. The quantitative estimate of drug-likeness (QED) is 0.447. The van der Waals surface area contributed by atoms with E-state index >= 15 is 0 Å². The van der Waals surface area contributed by atoms with Gasteiger partial charge in [-0.05, 0) is 32.0 Å². The van der Waals surface area contributed by atoms with Gasteiger partial charge in [-0.2, -0.15) is 0 Å². The monoisotopic (exact) mass is 348 g/mol. The summed E-state index contributed by atoms with van der Waals surface area (Å²) in [5.41, 5.74) is 1.51. The van der Waals surface area contributed by atoms with E-state index < -0.39 is 0 Å². The molecule has 0 aliphatic rings. The van der Waals surface area contributed by atoms with Crippen molar-refractivity contribution < 1.29 is 0 Å². The van der Waals surface area contributed by atoms with Gasteiger partial charge in [-0.3, -0.25) is 4.79 Å². The predicted molar refractivity (Wildman–Crippen MR) is 101 cm³/mol. The summed E-state index contributed by atoms with van der Waals surface area (Å²) in [5.74, 6) is 1.38. The van der Waals surface area contributed by atoms with E-state index in [1.807, 2.05) is 56.3 Å². The third-order valence-corrected chi connectivity index (χ3v) is 5.10. The first kappa shape index (κ1) is 15.8. The molecule has 4 aromatic rings. The second-order valence-corrected chi connectivity index (χ2v) is 7.15. The van der Waals surface area contributed by atoms with Gasteiger partial charge < -0.3 is 4.98 Å². The Bertz CT molecular complexity index is 1140. The Morgan fingerprint density at radius 2 is 1.56 bits per heavy atom. The summed E-state index contributed by atoms with van der Waals surface area (Å²) in [6.45, 7) is 3.90. The molecule has 0 bridgehead atoms. The van der Waals surface area contributed by atoms with Crippen molar-refractivity contribution in [1.29, 1.82) is 0 Å². The largest absolute Gasteiger partial charge is 0.309 e. The fourth-order valence-corrected chi connectivity index (χ4v) is 3.81. The number of aryl methyl sites for hydroxylation is 1. The van der Waals surface area contributed by atoms with Gasteiger partial charge in [0, 0.05) is 5.39 Å². The number of rotatable bonds is 3. The van der Waals surface area contributed by atoms with E-state index in [1.54, 1.807) is 17.8 Å². The van der Waals surface area contributed by atoms with Gasteiger partial charge in [-0.25, -0.2) is 15.0 Å². The second kappa shape index (κ2) is 6.29. The Morgan fingerprint density at radius 3 is 2.32 bits per heavy atom. The van der Waals surface area contributed by atoms with Gasteiger partial charge in [0.2, 0.25) is 0 Å². The zero-order valence-electron chi connectivity index (χ0n) is 13.9. The minimum atomic E-state index is -0.114. The van der Waals surface area contributed by atoms with Gasteiger partial charge in [0.25, 0.3) is 5.56 Å². The number of aromatic nitrogens is 4. The highest BCUT2D eigenvalue weighted by atomic mass is 32.2. The zero-order chi connectivity index (χ0) is 17.4. The normalized spacial score (nSPS) is 12.6. The molecule has 0 unspecified atom stereocenters. The molecule has 0 saturated heterocycles. The van der Waals surface area contributed by atoms with Crippen LogP contribution in [0.15, 0.2) is 58.4 Å². The smallest absolute Gasteiger partial charge is 0.258 e. The van der Waals surface area contributed by atoms with Crippen LogP contribution in [0.5, 0.6) is 0 Å². The first-order chi connectivity index (χ1) is 12.1. The van der Waals surface area contributed by atoms with Crippen molar-refractivity contribution in [3.63, 3.8) is 0 Å². The van der Waals surface area contributed by atoms with Crippen LogP contribution in [0.1, 0.15) is 23.8 Å². The van der Waals surface area contributed by atoms with E-state index in [9.17, 15) is 4.79 Å². The summed E-state index contributed by atoms with van der Waals surface area (Å²) >= 11 is 1.57. The maximum absolute atomic E-state index is 12.3. The van der Waals surface area contributed by atoms with Crippen LogP contribution in [0.2, 0.25) is 0 Å². The number of fused-ring (bicyclic) bond motifs is 2. The molecule has 0 aliphatic carbocycles. The van der Waals surface area contributed by atoms with Gasteiger partial charge in [0.05, 0.1) is 21.7 Å². The lowest BCUT2D eigenvalue weighted by Crippen LogP contribution is -2.12. The van der Waals surface area contributed by atoms with Crippen molar-refractivity contribution in [3.05, 3.63) is 70.5 Å². The van der Waals surface area contributed by atoms with Crippen molar-refractivity contribution in [2.24, 2.45) is 0 Å². The third kappa shape index (κ3) is 3.00. The second-order valence-electron chi connectivity index (χ2n) is 5.82. The van der Waals surface area contributed by atoms with Crippen LogP contribution in [-0.2, 0) is 0 Å². The molecule has 1 atom stereocenters. The highest BCUT2D eigenvalue weighted by Crippen LogP contribution is 2.35. The van der Waals surface area contributed by atoms with Crippen LogP contribution in [-0.4, -0.2) is 19.9 Å². The zero-order valence-corrected chi connectivity index (χ0v) is 14.7. The fourth-order valence-electron chi connectivity index (χ4n) is 2.77. The van der Waals surface area contributed by atoms with Gasteiger partial charge in [0.15, 0.2) is 0 Å². The molecule has 2 aromatic heterocycles. The topological polar surface area (TPSA) is 71.5 Å². The lowest BCUT2D eigenvalue weighted by molar-refractivity contribution is 0.915. The maximum Gasteiger partial charge on any atom is 0.258 e. The lowest BCUT2D eigenvalue weighted by Gasteiger charge is -2.12. The Morgan fingerprint density at radius 1 is 0.920 bits per heavy atom. The molecule has 124 valence electrons. The molecule has 0 spiro atoms. The lowest BCUT2D eigenvalue weighted by atomic mass is 10.2. The summed E-state index contributed by atoms with van der Waals surface area (Å²) in [6.07, 6.45) is 0. The number of benzene rings is 2. The van der Waals surface area contributed by atoms with Gasteiger partial charge in [0.1, 0.15) is 16.7 Å². The molecule has 0 radical (unpaired) electrons. The average Bonchev–Trinajstić information content (AvgIpc) is 2.61. The van der Waals surface area contributed by atoms with Crippen molar-refractivity contribution in [3.8, 4) is 0 Å². The van der Waals surface area contributed by atoms with Crippen molar-refractivity contribution >= 4 is 33.6 Å². The average molecular weight is 348 g/mol. The molecule has 25 heavy (non-hydrogen) atoms. The number of hydrogen-bond donors (Lipinski definition) is 1. The number of H-pyrrole nitrogens is 1. The van der Waals surface area contributed by atoms with Crippen LogP contribution < -0.4 is 5.56 Å². The van der Waals surface area contributed by atoms with Crippen LogP contribution in [0.25, 0.3) is 21.8 Å². The number of para-hydroxylation sites is 2. The number of nitrogens with one attached hydrogen (secondary N) is 1. The Labute approximate surface area is 148 Å². The van der Waals surface area contributed by atoms with Gasteiger partial charge in [-0.15, -0.1) is 0 Å². The Balaban J connectivity index is 1.76. The van der Waals surface area contributed by atoms with Crippen molar-refractivity contribution in [2.45, 2.75) is 24.1 Å². The van der Waals surface area contributed by atoms with E-state index in [2.05, 4.69) is 19.9 Å². The number of hydrogen-bond acceptors (Lipinski definition) is 5. The molecule has 5 nitrogen and oxygen atoms in total. The van der Waals surface area contributed by atoms with Gasteiger partial charge in [-0.1, -0.05) is 42.1 Å². The summed E-state index contributed by atoms with van der Waals surface area (Å²) in [7, 11) is 0. The molecule has 6 heteroatoms. The predicted octanol–water partition coefficient (Wildman–Crippen LogP) is 4.03. The van der Waals surface area contributed by atoms with Crippen LogP contribution >= 0.6 is 11.8 Å². The number of thioether (sulfide) groups is 1. The molecular weight excluding hydrogens is 332 g/mol. The summed E-state index contributed by atoms with van der Waals surface area (Å²) < 4.78 is 0. The van der Waals surface area contributed by atoms with E-state index in [1.165, 1.54) is 0 Å². The molecule has 0 aliphatic heterocycles. The Hall–Kier alpha value is -2.73. The summed E-state index contributed by atoms with van der Waals surface area (Å²) in [5, 5.41) is 2.46. The summed E-state index contributed by atoms with van der Waals surface area (Å²) in [4.78, 5) is 28.9. The number of nitrogens with zero attached hydrogens (tertiary/aromatic N) is 3. The minimum absolute atomic E-state index is 0.0463. The first-order valence-corrected chi connectivity index (χ1v) is 8.89. The van der Waals surface area contributed by atoms with Crippen LogP contribution in [0, 0.1) is 6.92 Å². The Kier molecular flexibility index (Phi) is 3.97. The highest BCUT2D eigenvalue weighted by Gasteiger charge is 2.15. The van der Waals surface area contributed by atoms with Crippen molar-refractivity contribution in [1.82, 2.24) is 19.9 Å². The molecule has 2 aromatic carbocycles. The van der Waals surface area contributed by atoms with Crippen LogP contribution in [0.4, 0.5) is 0 Å². The molecule has 1 N–H and O–H groups in total. The maximum atomic E-state index is 12.3. The van der Waals surface area contributed by atoms with Crippen molar-refractivity contribution in [2.75, 3.05) is 0 Å². The molecular formula is C19H16N4OS. The van der Waals surface area contributed by atoms with Crippen LogP contribution in [0.3, 0.4) is 0 Å². The third-order valence-electron chi connectivity index (χ3n) is 3.98. The number of aromatic amines is 1. The standard InChI is InChI=1S/C19H16N4OS/c1-11(17-22-15-9-5-3-7-13(15)18(24)23-17)25-19-14-8-4-6-10-16(14)20-12(2)21-19/h3-11H,1-2H3,(H,22,23,24)/t11-/m1/s1. The van der Waals surface area contributed by atoms with E-state index in [0.717, 1.165) is 21.8 Å². The van der Waals surface area contributed by atoms with E-state index in [0.29, 0.717) is 16.7 Å². The SMILES string of the molecule is Cc1nc(S[C@H](C)c2nc3ccccc3c(=O)[nH]2)c2ccccc2n1. The minimum Gasteiger partial charge on any atom is -0.309 e. The van der Waals surface area contributed by atoms with Gasteiger partial charge >= 0.3 is 0 Å². The molecule has 0 fully saturated rings. The fraction of sp³-hybridized carbons (Fsp3) is 0.158. The van der Waals surface area contributed by atoms with E-state index in [-0.39, 0.29) is 10.8 Å². The van der Waals surface area contributed by atoms with E-state index in [4.69, 9.17) is 0 Å². The molecule has 0 saturated carbocycles. The summed E-state index contributed by atoms with van der Waals surface area (Å²) in [6, 6.07) is 15.3. The molecule has 4 rings (SSSR count).